The lowest BCUT2D eigenvalue weighted by atomic mass is 9.85. The summed E-state index contributed by atoms with van der Waals surface area (Å²) in [7, 11) is 1.41. The van der Waals surface area contributed by atoms with Gasteiger partial charge in [-0.1, -0.05) is 83.6 Å². The van der Waals surface area contributed by atoms with Gasteiger partial charge in [0.25, 0.3) is 0 Å². The normalized spacial score (nSPS) is 17.0. The first-order valence-corrected chi connectivity index (χ1v) is 17.4. The first kappa shape index (κ1) is 37.2. The summed E-state index contributed by atoms with van der Waals surface area (Å²) < 4.78 is 4.66. The zero-order valence-corrected chi connectivity index (χ0v) is 28.9. The average Bonchev–Trinajstić information content (AvgIpc) is 3.64. The Bertz CT molecular complexity index is 1290. The van der Waals surface area contributed by atoms with Gasteiger partial charge >= 0.3 is 5.97 Å². The number of ether oxygens (including phenoxy) is 1. The van der Waals surface area contributed by atoms with Crippen molar-refractivity contribution in [2.24, 2.45) is 5.41 Å². The predicted octanol–water partition coefficient (Wildman–Crippen LogP) is 5.30. The Balaban J connectivity index is 1.46. The van der Waals surface area contributed by atoms with Crippen LogP contribution in [0.5, 0.6) is 0 Å². The van der Waals surface area contributed by atoms with Gasteiger partial charge in [0.1, 0.15) is 12.1 Å². The van der Waals surface area contributed by atoms with Crippen molar-refractivity contribution in [3.8, 4) is 10.4 Å². The fourth-order valence-electron chi connectivity index (χ4n) is 5.73. The van der Waals surface area contributed by atoms with Gasteiger partial charge < -0.3 is 25.4 Å². The number of aryl methyl sites for hydroxylation is 1. The van der Waals surface area contributed by atoms with Crippen molar-refractivity contribution in [2.45, 2.75) is 123 Å². The summed E-state index contributed by atoms with van der Waals surface area (Å²) >= 11 is 1.59. The van der Waals surface area contributed by atoms with E-state index in [9.17, 15) is 24.3 Å². The minimum absolute atomic E-state index is 0.0466. The molecule has 11 heteroatoms. The van der Waals surface area contributed by atoms with E-state index >= 15 is 0 Å². The smallest absolute Gasteiger partial charge is 0.305 e. The van der Waals surface area contributed by atoms with E-state index in [0.717, 1.165) is 73.1 Å². The number of carbonyl (C=O) groups is 4. The third-order valence-corrected chi connectivity index (χ3v) is 9.45. The summed E-state index contributed by atoms with van der Waals surface area (Å²) in [4.78, 5) is 58.0. The molecule has 1 aromatic carbocycles. The molecule has 1 aliphatic rings. The van der Waals surface area contributed by atoms with Crippen LogP contribution in [-0.4, -0.2) is 70.5 Å². The van der Waals surface area contributed by atoms with Crippen LogP contribution in [0, 0.1) is 12.3 Å². The number of rotatable bonds is 17. The molecule has 1 aromatic heterocycles. The van der Waals surface area contributed by atoms with Gasteiger partial charge in [-0.05, 0) is 36.3 Å². The van der Waals surface area contributed by atoms with Gasteiger partial charge in [0, 0.05) is 32.4 Å². The molecule has 10 nitrogen and oxygen atoms in total. The van der Waals surface area contributed by atoms with Crippen LogP contribution in [0.25, 0.3) is 10.4 Å². The third-order valence-electron chi connectivity index (χ3n) is 8.47. The van der Waals surface area contributed by atoms with Crippen LogP contribution >= 0.6 is 11.3 Å². The van der Waals surface area contributed by atoms with Crippen LogP contribution in [0.15, 0.2) is 29.8 Å². The highest BCUT2D eigenvalue weighted by Gasteiger charge is 2.44. The number of esters is 1. The minimum Gasteiger partial charge on any atom is -0.469 e. The van der Waals surface area contributed by atoms with E-state index < -0.39 is 23.6 Å². The molecule has 0 radical (unpaired) electrons. The second-order valence-corrected chi connectivity index (χ2v) is 14.2. The SMILES string of the molecule is COC(=O)CCCCCCCCCCC(=O)N[C@H](C(=O)N1C[C@H](O)C[C@H]1C(=O)NCc1ccc(-c2scnc2C)cc1)C(C)(C)C. The summed E-state index contributed by atoms with van der Waals surface area (Å²) in [6, 6.07) is 6.29. The molecule has 46 heavy (non-hydrogen) atoms. The summed E-state index contributed by atoms with van der Waals surface area (Å²) in [6.07, 6.45) is 7.96. The van der Waals surface area contributed by atoms with Crippen LogP contribution in [0.4, 0.5) is 0 Å². The van der Waals surface area contributed by atoms with Crippen molar-refractivity contribution in [1.82, 2.24) is 20.5 Å². The molecule has 2 heterocycles. The fraction of sp³-hybridized carbons (Fsp3) is 0.629. The number of thiazole rings is 1. The van der Waals surface area contributed by atoms with Crippen LogP contribution in [0.2, 0.25) is 0 Å². The second-order valence-electron chi connectivity index (χ2n) is 13.3. The number of hydrogen-bond acceptors (Lipinski definition) is 8. The van der Waals surface area contributed by atoms with Crippen molar-refractivity contribution in [3.63, 3.8) is 0 Å². The maximum absolute atomic E-state index is 13.8. The number of amides is 3. The van der Waals surface area contributed by atoms with E-state index in [-0.39, 0.29) is 36.7 Å². The summed E-state index contributed by atoms with van der Waals surface area (Å²) in [5.74, 6) is -1.02. The Morgan fingerprint density at radius 3 is 2.17 bits per heavy atom. The summed E-state index contributed by atoms with van der Waals surface area (Å²) in [6.45, 7) is 7.98. The molecule has 1 aliphatic heterocycles. The molecule has 1 saturated heterocycles. The molecule has 0 saturated carbocycles. The lowest BCUT2D eigenvalue weighted by molar-refractivity contribution is -0.144. The number of carbonyl (C=O) groups excluding carboxylic acids is 4. The largest absolute Gasteiger partial charge is 0.469 e. The Labute approximate surface area is 277 Å². The van der Waals surface area contributed by atoms with Gasteiger partial charge in [-0.25, -0.2) is 4.98 Å². The summed E-state index contributed by atoms with van der Waals surface area (Å²) in [5.41, 5.74) is 4.20. The molecule has 0 bridgehead atoms. The molecule has 3 rings (SSSR count). The van der Waals surface area contributed by atoms with Crippen LogP contribution in [0.3, 0.4) is 0 Å². The standard InChI is InChI=1S/C35H52N4O6S/c1-24-31(46-23-37-24)26-18-16-25(17-19-26)21-36-33(43)28-20-27(40)22-39(28)34(44)32(35(2,3)4)38-29(41)14-12-10-8-6-7-9-11-13-15-30(42)45-5/h16-19,23,27-28,32,40H,6-15,20-22H2,1-5H3,(H,36,43)(H,38,41)/t27-,28+,32-/m1/s1. The number of methoxy groups -OCH3 is 1. The first-order valence-electron chi connectivity index (χ1n) is 16.5. The van der Waals surface area contributed by atoms with Crippen molar-refractivity contribution < 1.29 is 29.0 Å². The second kappa shape index (κ2) is 18.1. The number of likely N-dealkylation sites (tertiary alicyclic amines) is 1. The van der Waals surface area contributed by atoms with Crippen molar-refractivity contribution in [2.75, 3.05) is 13.7 Å². The molecule has 2 aromatic rings. The number of nitrogens with zero attached hydrogens (tertiary/aromatic N) is 2. The van der Waals surface area contributed by atoms with Crippen LogP contribution in [0.1, 0.15) is 103 Å². The van der Waals surface area contributed by atoms with Gasteiger partial charge in [-0.2, -0.15) is 0 Å². The Morgan fingerprint density at radius 2 is 1.61 bits per heavy atom. The minimum atomic E-state index is -0.826. The molecule has 254 valence electrons. The lowest BCUT2D eigenvalue weighted by Gasteiger charge is -2.35. The highest BCUT2D eigenvalue weighted by molar-refractivity contribution is 7.13. The molecule has 3 N–H and O–H groups in total. The first-order chi connectivity index (χ1) is 21.9. The van der Waals surface area contributed by atoms with E-state index in [1.54, 1.807) is 11.3 Å². The summed E-state index contributed by atoms with van der Waals surface area (Å²) in [5, 5.41) is 16.3. The van der Waals surface area contributed by atoms with Crippen LogP contribution in [-0.2, 0) is 30.5 Å². The zero-order chi connectivity index (χ0) is 33.7. The highest BCUT2D eigenvalue weighted by Crippen LogP contribution is 2.28. The van der Waals surface area contributed by atoms with Gasteiger partial charge in [0.2, 0.25) is 17.7 Å². The molecular formula is C35H52N4O6S. The maximum atomic E-state index is 13.8. The van der Waals surface area contributed by atoms with Crippen molar-refractivity contribution in [3.05, 3.63) is 41.0 Å². The van der Waals surface area contributed by atoms with Crippen molar-refractivity contribution in [1.29, 1.82) is 0 Å². The quantitative estimate of drug-likeness (QED) is 0.155. The van der Waals surface area contributed by atoms with E-state index in [2.05, 4.69) is 20.4 Å². The van der Waals surface area contributed by atoms with Gasteiger partial charge in [-0.15, -0.1) is 11.3 Å². The molecule has 3 amide bonds. The molecule has 0 spiro atoms. The van der Waals surface area contributed by atoms with E-state index in [1.807, 2.05) is 57.5 Å². The molecule has 0 unspecified atom stereocenters. The van der Waals surface area contributed by atoms with E-state index in [1.165, 1.54) is 12.0 Å². The highest BCUT2D eigenvalue weighted by atomic mass is 32.1. The number of nitrogens with one attached hydrogen (secondary N) is 2. The molecule has 3 atom stereocenters. The third kappa shape index (κ3) is 11.5. The Hall–Kier alpha value is -3.31. The maximum Gasteiger partial charge on any atom is 0.305 e. The molecular weight excluding hydrogens is 604 g/mol. The van der Waals surface area contributed by atoms with Crippen molar-refractivity contribution >= 4 is 35.0 Å². The number of hydrogen-bond donors (Lipinski definition) is 3. The lowest BCUT2D eigenvalue weighted by Crippen LogP contribution is -2.57. The predicted molar refractivity (Wildman–Crippen MR) is 180 cm³/mol. The molecule has 0 aliphatic carbocycles. The zero-order valence-electron chi connectivity index (χ0n) is 28.1. The Kier molecular flexibility index (Phi) is 14.6. The van der Waals surface area contributed by atoms with Gasteiger partial charge in [-0.3, -0.25) is 19.2 Å². The van der Waals surface area contributed by atoms with Gasteiger partial charge in [0.15, 0.2) is 0 Å². The van der Waals surface area contributed by atoms with Crippen LogP contribution < -0.4 is 10.6 Å². The van der Waals surface area contributed by atoms with Gasteiger partial charge in [0.05, 0.1) is 29.3 Å². The monoisotopic (exact) mass is 656 g/mol. The topological polar surface area (TPSA) is 138 Å². The average molecular weight is 657 g/mol. The number of β-amino-alcohol motifs (C(OH)–C–C–N with tert-alkyl or cyclic N) is 1. The number of aromatic nitrogens is 1. The van der Waals surface area contributed by atoms with E-state index in [0.29, 0.717) is 19.4 Å². The van der Waals surface area contributed by atoms with E-state index in [4.69, 9.17) is 0 Å². The number of aliphatic hydroxyl groups is 1. The molecule has 1 fully saturated rings. The number of aliphatic hydroxyl groups excluding tert-OH is 1. The fourth-order valence-corrected chi connectivity index (χ4v) is 6.54. The Morgan fingerprint density at radius 1 is 1.00 bits per heavy atom. The number of benzene rings is 1. The number of unbranched alkanes of at least 4 members (excludes halogenated alkanes) is 7.